The Morgan fingerprint density at radius 2 is 2.28 bits per heavy atom. The fourth-order valence-electron chi connectivity index (χ4n) is 1.90. The molecule has 3 nitrogen and oxygen atoms in total. The van der Waals surface area contributed by atoms with Crippen molar-refractivity contribution in [2.75, 3.05) is 0 Å². The van der Waals surface area contributed by atoms with Crippen LogP contribution in [0.2, 0.25) is 0 Å². The number of hydrogen-bond acceptors (Lipinski definition) is 3. The Bertz CT molecular complexity index is 561. The van der Waals surface area contributed by atoms with E-state index in [9.17, 15) is 4.39 Å². The van der Waals surface area contributed by atoms with E-state index in [4.69, 9.17) is 4.42 Å². The molecule has 0 atom stereocenters. The van der Waals surface area contributed by atoms with Crippen LogP contribution in [0.4, 0.5) is 4.39 Å². The Labute approximate surface area is 105 Å². The van der Waals surface area contributed by atoms with Crippen LogP contribution in [0.3, 0.4) is 0 Å². The number of nitrogens with one attached hydrogen (secondary N) is 1. The van der Waals surface area contributed by atoms with Gasteiger partial charge in [0.25, 0.3) is 0 Å². The van der Waals surface area contributed by atoms with E-state index in [1.807, 2.05) is 6.92 Å². The van der Waals surface area contributed by atoms with Gasteiger partial charge in [-0.1, -0.05) is 6.07 Å². The number of nitrogens with zero attached hydrogens (tertiary/aromatic N) is 1. The smallest absolute Gasteiger partial charge is 0.208 e. The number of benzene rings is 1. The summed E-state index contributed by atoms with van der Waals surface area (Å²) in [6.45, 7) is 2.57. The Morgan fingerprint density at radius 1 is 1.44 bits per heavy atom. The lowest BCUT2D eigenvalue weighted by Gasteiger charge is -2.02. The van der Waals surface area contributed by atoms with E-state index in [-0.39, 0.29) is 5.82 Å². The third kappa shape index (κ3) is 2.43. The van der Waals surface area contributed by atoms with Gasteiger partial charge in [-0.15, -0.1) is 0 Å². The Hall–Kier alpha value is -1.68. The van der Waals surface area contributed by atoms with Gasteiger partial charge in [0.05, 0.1) is 12.7 Å². The highest BCUT2D eigenvalue weighted by Gasteiger charge is 2.21. The molecule has 0 spiro atoms. The zero-order valence-electron chi connectivity index (χ0n) is 10.2. The van der Waals surface area contributed by atoms with Crippen molar-refractivity contribution in [3.8, 4) is 11.3 Å². The molecule has 0 amide bonds. The first-order chi connectivity index (χ1) is 8.72. The van der Waals surface area contributed by atoms with Gasteiger partial charge in [-0.25, -0.2) is 9.37 Å². The minimum atomic E-state index is -0.260. The molecule has 1 heterocycles. The van der Waals surface area contributed by atoms with Crippen molar-refractivity contribution in [3.05, 3.63) is 41.7 Å². The van der Waals surface area contributed by atoms with E-state index in [1.54, 1.807) is 12.3 Å². The SMILES string of the molecule is Cc1ccc(F)cc1-c1cnc(CNC2CC2)o1. The average molecular weight is 246 g/mol. The standard InChI is InChI=1S/C14H15FN2O/c1-9-2-3-10(15)6-12(9)13-7-17-14(18-13)8-16-11-4-5-11/h2-3,6-7,11,16H,4-5,8H2,1H3. The molecule has 18 heavy (non-hydrogen) atoms. The second-order valence-electron chi connectivity index (χ2n) is 4.73. The van der Waals surface area contributed by atoms with Crippen LogP contribution in [-0.2, 0) is 6.54 Å². The van der Waals surface area contributed by atoms with Crippen LogP contribution in [0.25, 0.3) is 11.3 Å². The summed E-state index contributed by atoms with van der Waals surface area (Å²) in [4.78, 5) is 4.21. The summed E-state index contributed by atoms with van der Waals surface area (Å²) in [5.41, 5.74) is 1.74. The predicted octanol–water partition coefficient (Wildman–Crippen LogP) is 3.04. The lowest BCUT2D eigenvalue weighted by molar-refractivity contribution is 0.476. The number of aromatic nitrogens is 1. The molecule has 1 aromatic heterocycles. The van der Waals surface area contributed by atoms with Crippen LogP contribution >= 0.6 is 0 Å². The highest BCUT2D eigenvalue weighted by molar-refractivity contribution is 5.61. The average Bonchev–Trinajstić information content (AvgIpc) is 3.08. The Morgan fingerprint density at radius 3 is 3.06 bits per heavy atom. The second kappa shape index (κ2) is 4.53. The topological polar surface area (TPSA) is 38.1 Å². The molecule has 0 bridgehead atoms. The number of aryl methyl sites for hydroxylation is 1. The number of rotatable bonds is 4. The van der Waals surface area contributed by atoms with Crippen molar-refractivity contribution in [2.24, 2.45) is 0 Å². The van der Waals surface area contributed by atoms with Crippen molar-refractivity contribution in [1.29, 1.82) is 0 Å². The van der Waals surface area contributed by atoms with Crippen molar-refractivity contribution in [3.63, 3.8) is 0 Å². The molecule has 1 aromatic carbocycles. The highest BCUT2D eigenvalue weighted by Crippen LogP contribution is 2.25. The third-order valence-corrected chi connectivity index (χ3v) is 3.14. The predicted molar refractivity (Wildman–Crippen MR) is 66.5 cm³/mol. The minimum absolute atomic E-state index is 0.260. The maximum Gasteiger partial charge on any atom is 0.208 e. The summed E-state index contributed by atoms with van der Waals surface area (Å²) in [6.07, 6.45) is 4.12. The minimum Gasteiger partial charge on any atom is -0.439 e. The zero-order valence-corrected chi connectivity index (χ0v) is 10.2. The second-order valence-corrected chi connectivity index (χ2v) is 4.73. The summed E-state index contributed by atoms with van der Waals surface area (Å²) in [5.74, 6) is 1.02. The van der Waals surface area contributed by atoms with E-state index < -0.39 is 0 Å². The van der Waals surface area contributed by atoms with Gasteiger partial charge in [0.2, 0.25) is 5.89 Å². The molecule has 1 saturated carbocycles. The van der Waals surface area contributed by atoms with E-state index in [2.05, 4.69) is 10.3 Å². The third-order valence-electron chi connectivity index (χ3n) is 3.14. The van der Waals surface area contributed by atoms with Crippen LogP contribution in [0.1, 0.15) is 24.3 Å². The van der Waals surface area contributed by atoms with Crippen LogP contribution in [0, 0.1) is 12.7 Å². The maximum atomic E-state index is 13.2. The first-order valence-electron chi connectivity index (χ1n) is 6.17. The monoisotopic (exact) mass is 246 g/mol. The van der Waals surface area contributed by atoms with Gasteiger partial charge in [-0.2, -0.15) is 0 Å². The molecule has 0 saturated heterocycles. The van der Waals surface area contributed by atoms with E-state index in [0.717, 1.165) is 11.1 Å². The molecule has 1 fully saturated rings. The number of hydrogen-bond donors (Lipinski definition) is 1. The first kappa shape index (κ1) is 11.4. The van der Waals surface area contributed by atoms with Crippen molar-refractivity contribution < 1.29 is 8.81 Å². The van der Waals surface area contributed by atoms with Crippen LogP contribution in [0.15, 0.2) is 28.8 Å². The molecule has 94 valence electrons. The molecule has 1 N–H and O–H groups in total. The fourth-order valence-corrected chi connectivity index (χ4v) is 1.90. The van der Waals surface area contributed by atoms with Crippen molar-refractivity contribution >= 4 is 0 Å². The Kier molecular flexibility index (Phi) is 2.88. The Balaban J connectivity index is 1.80. The van der Waals surface area contributed by atoms with Gasteiger partial charge >= 0.3 is 0 Å². The number of halogens is 1. The van der Waals surface area contributed by atoms with Crippen LogP contribution in [0.5, 0.6) is 0 Å². The molecule has 0 unspecified atom stereocenters. The van der Waals surface area contributed by atoms with Gasteiger partial charge in [0.1, 0.15) is 5.82 Å². The molecule has 3 rings (SSSR count). The quantitative estimate of drug-likeness (QED) is 0.901. The van der Waals surface area contributed by atoms with Crippen LogP contribution < -0.4 is 5.32 Å². The summed E-state index contributed by atoms with van der Waals surface area (Å²) in [7, 11) is 0. The molecular formula is C14H15FN2O. The summed E-state index contributed by atoms with van der Waals surface area (Å²) in [5, 5.41) is 3.33. The highest BCUT2D eigenvalue weighted by atomic mass is 19.1. The molecular weight excluding hydrogens is 231 g/mol. The van der Waals surface area contributed by atoms with Gasteiger partial charge < -0.3 is 9.73 Å². The molecule has 1 aliphatic carbocycles. The summed E-state index contributed by atoms with van der Waals surface area (Å²) >= 11 is 0. The fraction of sp³-hybridized carbons (Fsp3) is 0.357. The normalized spacial score (nSPS) is 15.0. The largest absolute Gasteiger partial charge is 0.439 e. The van der Waals surface area contributed by atoms with Gasteiger partial charge in [-0.3, -0.25) is 0 Å². The van der Waals surface area contributed by atoms with Crippen LogP contribution in [-0.4, -0.2) is 11.0 Å². The van der Waals surface area contributed by atoms with Crippen molar-refractivity contribution in [2.45, 2.75) is 32.4 Å². The van der Waals surface area contributed by atoms with E-state index >= 15 is 0 Å². The van der Waals surface area contributed by atoms with E-state index in [1.165, 1.54) is 25.0 Å². The van der Waals surface area contributed by atoms with Gasteiger partial charge in [0.15, 0.2) is 5.76 Å². The van der Waals surface area contributed by atoms with Gasteiger partial charge in [-0.05, 0) is 37.5 Å². The molecule has 0 radical (unpaired) electrons. The van der Waals surface area contributed by atoms with Gasteiger partial charge in [0, 0.05) is 11.6 Å². The molecule has 1 aliphatic rings. The number of oxazole rings is 1. The molecule has 0 aliphatic heterocycles. The maximum absolute atomic E-state index is 13.2. The van der Waals surface area contributed by atoms with E-state index in [0.29, 0.717) is 24.2 Å². The van der Waals surface area contributed by atoms with Crippen molar-refractivity contribution in [1.82, 2.24) is 10.3 Å². The lowest BCUT2D eigenvalue weighted by atomic mass is 10.1. The summed E-state index contributed by atoms with van der Waals surface area (Å²) < 4.78 is 18.9. The summed E-state index contributed by atoms with van der Waals surface area (Å²) in [6, 6.07) is 5.30. The zero-order chi connectivity index (χ0) is 12.5. The lowest BCUT2D eigenvalue weighted by Crippen LogP contribution is -2.15. The molecule has 2 aromatic rings. The first-order valence-corrected chi connectivity index (χ1v) is 6.17. The molecule has 4 heteroatoms.